The van der Waals surface area contributed by atoms with Gasteiger partial charge in [0.05, 0.1) is 13.7 Å². The maximum Gasteiger partial charge on any atom is 0.124 e. The number of hydrogen-bond donors (Lipinski definition) is 1. The smallest absolute Gasteiger partial charge is 0.124 e. The molecule has 2 unspecified atom stereocenters. The zero-order chi connectivity index (χ0) is 15.0. The molecule has 1 aromatic rings. The van der Waals surface area contributed by atoms with E-state index in [-0.39, 0.29) is 0 Å². The molecule has 0 aliphatic carbocycles. The molecule has 0 aromatic heterocycles. The van der Waals surface area contributed by atoms with E-state index in [9.17, 15) is 0 Å². The van der Waals surface area contributed by atoms with Crippen LogP contribution in [-0.2, 0) is 11.3 Å². The Bertz CT molecular complexity index is 393. The van der Waals surface area contributed by atoms with Crippen molar-refractivity contribution in [2.24, 2.45) is 0 Å². The van der Waals surface area contributed by atoms with Gasteiger partial charge in [0.25, 0.3) is 0 Å². The van der Waals surface area contributed by atoms with Crippen LogP contribution in [0.4, 0.5) is 0 Å². The van der Waals surface area contributed by atoms with Gasteiger partial charge in [-0.15, -0.1) is 0 Å². The molecular weight excluding hydrogens is 250 g/mol. The number of nitrogens with one attached hydrogen (secondary N) is 1. The van der Waals surface area contributed by atoms with E-state index in [1.807, 2.05) is 6.07 Å². The summed E-state index contributed by atoms with van der Waals surface area (Å²) in [6.45, 7) is 7.28. The highest BCUT2D eigenvalue weighted by Gasteiger charge is 2.12. The molecule has 2 atom stereocenters. The fraction of sp³-hybridized carbons (Fsp3) is 0.647. The Labute approximate surface area is 123 Å². The topological polar surface area (TPSA) is 30.5 Å². The lowest BCUT2D eigenvalue weighted by molar-refractivity contribution is 0.181. The van der Waals surface area contributed by atoms with Crippen LogP contribution in [0.2, 0.25) is 0 Å². The largest absolute Gasteiger partial charge is 0.496 e. The summed E-state index contributed by atoms with van der Waals surface area (Å²) in [6.07, 6.45) is 3.75. The van der Waals surface area contributed by atoms with Crippen LogP contribution in [0.1, 0.15) is 57.2 Å². The predicted octanol–water partition coefficient (Wildman–Crippen LogP) is 4.07. The molecule has 0 saturated carbocycles. The van der Waals surface area contributed by atoms with Crippen molar-refractivity contribution in [3.8, 4) is 5.75 Å². The van der Waals surface area contributed by atoms with Crippen molar-refractivity contribution in [1.29, 1.82) is 0 Å². The Hall–Kier alpha value is -1.06. The van der Waals surface area contributed by atoms with Crippen LogP contribution in [-0.4, -0.2) is 20.3 Å². The minimum absolute atomic E-state index is 0.336. The van der Waals surface area contributed by atoms with Crippen molar-refractivity contribution in [2.45, 2.75) is 58.7 Å². The summed E-state index contributed by atoms with van der Waals surface area (Å²) in [7, 11) is 3.41. The van der Waals surface area contributed by atoms with Crippen LogP contribution >= 0.6 is 0 Å². The molecule has 0 fully saturated rings. The van der Waals surface area contributed by atoms with Gasteiger partial charge in [-0.1, -0.05) is 25.8 Å². The van der Waals surface area contributed by atoms with Crippen LogP contribution in [0.3, 0.4) is 0 Å². The fourth-order valence-corrected chi connectivity index (χ4v) is 2.45. The third-order valence-corrected chi connectivity index (χ3v) is 3.63. The van der Waals surface area contributed by atoms with Crippen LogP contribution in [0.15, 0.2) is 18.2 Å². The van der Waals surface area contributed by atoms with Gasteiger partial charge in [0.2, 0.25) is 0 Å². The van der Waals surface area contributed by atoms with E-state index in [1.54, 1.807) is 14.2 Å². The van der Waals surface area contributed by atoms with Gasteiger partial charge in [-0.3, -0.25) is 0 Å². The van der Waals surface area contributed by atoms with E-state index in [1.165, 1.54) is 24.8 Å². The molecule has 0 aliphatic heterocycles. The average molecular weight is 279 g/mol. The average Bonchev–Trinajstić information content (AvgIpc) is 2.45. The SMILES string of the molecule is CCCCC(C)NC(C)c1ccc(OC)c(COC)c1. The molecule has 3 heteroatoms. The summed E-state index contributed by atoms with van der Waals surface area (Å²) in [5.74, 6) is 0.891. The van der Waals surface area contributed by atoms with Gasteiger partial charge in [0, 0.05) is 24.8 Å². The van der Waals surface area contributed by atoms with Gasteiger partial charge in [-0.05, 0) is 38.0 Å². The second kappa shape index (κ2) is 8.98. The normalized spacial score (nSPS) is 14.1. The Morgan fingerprint density at radius 1 is 1.20 bits per heavy atom. The van der Waals surface area contributed by atoms with E-state index < -0.39 is 0 Å². The number of unbranched alkanes of at least 4 members (excludes halogenated alkanes) is 1. The lowest BCUT2D eigenvalue weighted by atomic mass is 10.0. The van der Waals surface area contributed by atoms with E-state index in [0.717, 1.165) is 11.3 Å². The lowest BCUT2D eigenvalue weighted by Crippen LogP contribution is -2.28. The molecule has 0 heterocycles. The van der Waals surface area contributed by atoms with E-state index in [2.05, 4.69) is 38.2 Å². The molecule has 114 valence electrons. The van der Waals surface area contributed by atoms with Gasteiger partial charge in [-0.25, -0.2) is 0 Å². The zero-order valence-corrected chi connectivity index (χ0v) is 13.5. The molecule has 0 amide bonds. The van der Waals surface area contributed by atoms with E-state index in [4.69, 9.17) is 9.47 Å². The van der Waals surface area contributed by atoms with Crippen molar-refractivity contribution >= 4 is 0 Å². The predicted molar refractivity (Wildman–Crippen MR) is 84.2 cm³/mol. The molecule has 3 nitrogen and oxygen atoms in total. The standard InChI is InChI=1S/C17H29NO2/c1-6-7-8-13(2)18-14(3)15-9-10-17(20-5)16(11-15)12-19-4/h9-11,13-14,18H,6-8,12H2,1-5H3. The van der Waals surface area contributed by atoms with Crippen LogP contribution in [0.25, 0.3) is 0 Å². The molecule has 0 spiro atoms. The molecular formula is C17H29NO2. The molecule has 1 aromatic carbocycles. The first-order valence-corrected chi connectivity index (χ1v) is 7.54. The van der Waals surface area contributed by atoms with Gasteiger partial charge < -0.3 is 14.8 Å². The summed E-state index contributed by atoms with van der Waals surface area (Å²) in [5, 5.41) is 3.66. The molecule has 1 rings (SSSR count). The van der Waals surface area contributed by atoms with Crippen LogP contribution in [0, 0.1) is 0 Å². The fourth-order valence-electron chi connectivity index (χ4n) is 2.45. The molecule has 0 bridgehead atoms. The summed E-state index contributed by atoms with van der Waals surface area (Å²) in [6, 6.07) is 7.20. The van der Waals surface area contributed by atoms with Crippen molar-refractivity contribution in [1.82, 2.24) is 5.32 Å². The molecule has 0 radical (unpaired) electrons. The first-order chi connectivity index (χ1) is 9.62. The second-order valence-corrected chi connectivity index (χ2v) is 5.44. The van der Waals surface area contributed by atoms with E-state index >= 15 is 0 Å². The van der Waals surface area contributed by atoms with Gasteiger partial charge >= 0.3 is 0 Å². The second-order valence-electron chi connectivity index (χ2n) is 5.44. The van der Waals surface area contributed by atoms with Gasteiger partial charge in [0.1, 0.15) is 5.75 Å². The summed E-state index contributed by atoms with van der Waals surface area (Å²) < 4.78 is 10.6. The Morgan fingerprint density at radius 2 is 1.95 bits per heavy atom. The number of benzene rings is 1. The number of ether oxygens (including phenoxy) is 2. The third-order valence-electron chi connectivity index (χ3n) is 3.63. The number of methoxy groups -OCH3 is 2. The number of hydrogen-bond acceptors (Lipinski definition) is 3. The molecule has 20 heavy (non-hydrogen) atoms. The molecule has 0 saturated heterocycles. The van der Waals surface area contributed by atoms with Gasteiger partial charge in [-0.2, -0.15) is 0 Å². The minimum Gasteiger partial charge on any atom is -0.496 e. The monoisotopic (exact) mass is 279 g/mol. The Balaban J connectivity index is 2.72. The number of rotatable bonds is 9. The maximum absolute atomic E-state index is 5.37. The van der Waals surface area contributed by atoms with Crippen molar-refractivity contribution < 1.29 is 9.47 Å². The summed E-state index contributed by atoms with van der Waals surface area (Å²) >= 11 is 0. The lowest BCUT2D eigenvalue weighted by Gasteiger charge is -2.21. The highest BCUT2D eigenvalue weighted by molar-refractivity contribution is 5.38. The molecule has 0 aliphatic rings. The maximum atomic E-state index is 5.37. The molecule has 1 N–H and O–H groups in total. The summed E-state index contributed by atoms with van der Waals surface area (Å²) in [5.41, 5.74) is 2.38. The van der Waals surface area contributed by atoms with Crippen molar-refractivity contribution in [2.75, 3.05) is 14.2 Å². The minimum atomic E-state index is 0.336. The quantitative estimate of drug-likeness (QED) is 0.739. The van der Waals surface area contributed by atoms with Crippen LogP contribution in [0.5, 0.6) is 5.75 Å². The Morgan fingerprint density at radius 3 is 2.55 bits per heavy atom. The third kappa shape index (κ3) is 5.14. The first-order valence-electron chi connectivity index (χ1n) is 7.54. The Kier molecular flexibility index (Phi) is 7.63. The first kappa shape index (κ1) is 17.0. The highest BCUT2D eigenvalue weighted by atomic mass is 16.5. The van der Waals surface area contributed by atoms with Crippen LogP contribution < -0.4 is 10.1 Å². The van der Waals surface area contributed by atoms with Crippen molar-refractivity contribution in [3.05, 3.63) is 29.3 Å². The van der Waals surface area contributed by atoms with Crippen molar-refractivity contribution in [3.63, 3.8) is 0 Å². The highest BCUT2D eigenvalue weighted by Crippen LogP contribution is 2.24. The van der Waals surface area contributed by atoms with Gasteiger partial charge in [0.15, 0.2) is 0 Å². The zero-order valence-electron chi connectivity index (χ0n) is 13.5. The van der Waals surface area contributed by atoms with E-state index in [0.29, 0.717) is 18.7 Å². The summed E-state index contributed by atoms with van der Waals surface area (Å²) in [4.78, 5) is 0.